The molecule has 2 amide bonds. The van der Waals surface area contributed by atoms with Crippen molar-refractivity contribution in [3.63, 3.8) is 0 Å². The predicted molar refractivity (Wildman–Crippen MR) is 154 cm³/mol. The number of anilines is 3. The Morgan fingerprint density at radius 3 is 2.44 bits per heavy atom. The molecule has 1 aliphatic heterocycles. The molecule has 2 aromatic carbocycles. The van der Waals surface area contributed by atoms with Crippen molar-refractivity contribution in [3.8, 4) is 17.2 Å². The molecule has 0 bridgehead atoms. The minimum Gasteiger partial charge on any atom is -0.497 e. The molecular weight excluding hydrogens is 565 g/mol. The lowest BCUT2D eigenvalue weighted by Gasteiger charge is -2.18. The van der Waals surface area contributed by atoms with Crippen molar-refractivity contribution in [3.05, 3.63) is 83.2 Å². The van der Waals surface area contributed by atoms with Crippen molar-refractivity contribution in [1.29, 1.82) is 0 Å². The Bertz CT molecular complexity index is 1610. The van der Waals surface area contributed by atoms with E-state index >= 15 is 0 Å². The van der Waals surface area contributed by atoms with Crippen LogP contribution in [0.4, 0.5) is 35.3 Å². The molecule has 43 heavy (non-hydrogen) atoms. The number of alkyl halides is 3. The van der Waals surface area contributed by atoms with Crippen LogP contribution < -0.4 is 19.7 Å². The third-order valence-electron chi connectivity index (χ3n) is 7.00. The quantitative estimate of drug-likeness (QED) is 0.249. The van der Waals surface area contributed by atoms with Crippen LogP contribution in [-0.2, 0) is 13.0 Å². The lowest BCUT2D eigenvalue weighted by molar-refractivity contribution is -0.274. The fraction of sp³-hybridized carbons (Fsp3) is 0.300. The van der Waals surface area contributed by atoms with Gasteiger partial charge in [-0.15, -0.1) is 18.3 Å². The van der Waals surface area contributed by atoms with Gasteiger partial charge in [-0.25, -0.2) is 14.5 Å². The number of methoxy groups -OCH3 is 1. The zero-order valence-electron chi connectivity index (χ0n) is 23.9. The van der Waals surface area contributed by atoms with Crippen molar-refractivity contribution in [2.75, 3.05) is 37.0 Å². The molecule has 226 valence electrons. The van der Waals surface area contributed by atoms with Crippen LogP contribution >= 0.6 is 0 Å². The summed E-state index contributed by atoms with van der Waals surface area (Å²) in [4.78, 5) is 21.2. The second-order valence-corrected chi connectivity index (χ2v) is 10.1. The Balaban J connectivity index is 1.38. The lowest BCUT2D eigenvalue weighted by Crippen LogP contribution is -2.31. The normalized spacial score (nSPS) is 13.5. The van der Waals surface area contributed by atoms with Crippen molar-refractivity contribution >= 4 is 23.4 Å². The van der Waals surface area contributed by atoms with E-state index in [0.717, 1.165) is 11.3 Å². The summed E-state index contributed by atoms with van der Waals surface area (Å²) in [6, 6.07) is 15.0. The number of nitrogens with zero attached hydrogens (tertiary/aromatic N) is 5. The summed E-state index contributed by atoms with van der Waals surface area (Å²) < 4.78 is 48.8. The number of amides is 2. The number of aliphatic hydroxyl groups is 1. The first-order valence-electron chi connectivity index (χ1n) is 13.5. The molecule has 0 atom stereocenters. The van der Waals surface area contributed by atoms with Crippen LogP contribution in [0.25, 0.3) is 5.69 Å². The Morgan fingerprint density at radius 1 is 1.02 bits per heavy atom. The molecule has 1 saturated heterocycles. The maximum atomic E-state index is 13.2. The molecular formula is C30H31F3N6O4. The number of aromatic nitrogens is 3. The summed E-state index contributed by atoms with van der Waals surface area (Å²) in [7, 11) is 1.60. The van der Waals surface area contributed by atoms with Gasteiger partial charge in [0.05, 0.1) is 12.8 Å². The SMILES string of the molecule is COc1ccc(CN2CCN(c3ccn(-c4cc(C)nc(Nc5ccc(OC(F)(F)F)cc5C)c4CCO)n3)C2=O)cc1. The third-order valence-corrected chi connectivity index (χ3v) is 7.00. The molecule has 2 aromatic heterocycles. The third kappa shape index (κ3) is 6.83. The maximum absolute atomic E-state index is 13.2. The number of nitrogens with one attached hydrogen (secondary N) is 1. The van der Waals surface area contributed by atoms with Gasteiger partial charge in [0.1, 0.15) is 17.3 Å². The van der Waals surface area contributed by atoms with Gasteiger partial charge in [0.2, 0.25) is 0 Å². The molecule has 10 nitrogen and oxygen atoms in total. The maximum Gasteiger partial charge on any atom is 0.573 e. The van der Waals surface area contributed by atoms with Gasteiger partial charge in [-0.05, 0) is 61.4 Å². The molecule has 1 fully saturated rings. The first-order chi connectivity index (χ1) is 20.5. The van der Waals surface area contributed by atoms with E-state index in [1.54, 1.807) is 47.7 Å². The molecule has 0 saturated carbocycles. The molecule has 4 aromatic rings. The van der Waals surface area contributed by atoms with E-state index in [4.69, 9.17) is 9.84 Å². The highest BCUT2D eigenvalue weighted by Crippen LogP contribution is 2.32. The number of halogens is 3. The Morgan fingerprint density at radius 2 is 1.77 bits per heavy atom. The van der Waals surface area contributed by atoms with E-state index in [2.05, 4.69) is 15.0 Å². The van der Waals surface area contributed by atoms with Crippen LogP contribution in [0.15, 0.2) is 60.8 Å². The lowest BCUT2D eigenvalue weighted by atomic mass is 10.1. The number of aryl methyl sites for hydroxylation is 2. The number of benzene rings is 2. The number of rotatable bonds is 10. The van der Waals surface area contributed by atoms with Gasteiger partial charge < -0.3 is 24.8 Å². The predicted octanol–water partition coefficient (Wildman–Crippen LogP) is 5.51. The summed E-state index contributed by atoms with van der Waals surface area (Å²) in [5.41, 5.74) is 3.96. The van der Waals surface area contributed by atoms with E-state index in [0.29, 0.717) is 59.5 Å². The number of pyridine rings is 1. The Kier molecular flexibility index (Phi) is 8.44. The highest BCUT2D eigenvalue weighted by molar-refractivity contribution is 5.93. The summed E-state index contributed by atoms with van der Waals surface area (Å²) in [6.07, 6.45) is -2.82. The molecule has 5 rings (SSSR count). The van der Waals surface area contributed by atoms with Gasteiger partial charge in [-0.3, -0.25) is 4.90 Å². The summed E-state index contributed by atoms with van der Waals surface area (Å²) >= 11 is 0. The zero-order chi connectivity index (χ0) is 30.7. The highest BCUT2D eigenvalue weighted by Gasteiger charge is 2.32. The fourth-order valence-electron chi connectivity index (χ4n) is 4.94. The zero-order valence-corrected chi connectivity index (χ0v) is 23.9. The first-order valence-corrected chi connectivity index (χ1v) is 13.5. The number of ether oxygens (including phenoxy) is 2. The van der Waals surface area contributed by atoms with Crippen LogP contribution in [0, 0.1) is 13.8 Å². The number of hydrogen-bond donors (Lipinski definition) is 2. The van der Waals surface area contributed by atoms with E-state index in [-0.39, 0.29) is 24.8 Å². The molecule has 13 heteroatoms. The largest absolute Gasteiger partial charge is 0.573 e. The Labute approximate surface area is 246 Å². The van der Waals surface area contributed by atoms with E-state index in [1.807, 2.05) is 30.3 Å². The van der Waals surface area contributed by atoms with Crippen LogP contribution in [-0.4, -0.2) is 64.0 Å². The van der Waals surface area contributed by atoms with E-state index in [9.17, 15) is 23.1 Å². The van der Waals surface area contributed by atoms with Crippen molar-refractivity contribution in [2.24, 2.45) is 0 Å². The summed E-state index contributed by atoms with van der Waals surface area (Å²) in [5.74, 6) is 1.33. The van der Waals surface area contributed by atoms with Gasteiger partial charge >= 0.3 is 12.4 Å². The first kappa shape index (κ1) is 29.7. The number of aliphatic hydroxyl groups excluding tert-OH is 1. The second kappa shape index (κ2) is 12.2. The van der Waals surface area contributed by atoms with Crippen LogP contribution in [0.5, 0.6) is 11.5 Å². The molecule has 0 unspecified atom stereocenters. The van der Waals surface area contributed by atoms with E-state index < -0.39 is 6.36 Å². The topological polar surface area (TPSA) is 105 Å². The van der Waals surface area contributed by atoms with Gasteiger partial charge in [0, 0.05) is 61.9 Å². The van der Waals surface area contributed by atoms with Gasteiger partial charge in [-0.2, -0.15) is 0 Å². The number of carbonyl (C=O) groups is 1. The van der Waals surface area contributed by atoms with Crippen molar-refractivity contribution in [1.82, 2.24) is 19.7 Å². The van der Waals surface area contributed by atoms with Gasteiger partial charge in [-0.1, -0.05) is 12.1 Å². The highest BCUT2D eigenvalue weighted by atomic mass is 19.4. The summed E-state index contributed by atoms with van der Waals surface area (Å²) in [6.45, 7) is 4.76. The molecule has 0 aliphatic carbocycles. The monoisotopic (exact) mass is 596 g/mol. The standard InChI is InChI=1S/C30H31F3N6O4/c1-19-16-23(43-30(31,32)33)8-9-25(19)35-28-24(11-15-40)26(17-20(2)34-28)39-12-10-27(36-39)38-14-13-37(29(38)41)18-21-4-6-22(42-3)7-5-21/h4-10,12,16-17,40H,11,13-15,18H2,1-3H3,(H,34,35). The van der Waals surface area contributed by atoms with Gasteiger partial charge in [0.25, 0.3) is 0 Å². The molecule has 0 spiro atoms. The number of hydrogen-bond acceptors (Lipinski definition) is 7. The van der Waals surface area contributed by atoms with Crippen LogP contribution in [0.2, 0.25) is 0 Å². The average Bonchev–Trinajstić information content (AvgIpc) is 3.58. The molecule has 3 heterocycles. The van der Waals surface area contributed by atoms with Crippen LogP contribution in [0.3, 0.4) is 0 Å². The minimum atomic E-state index is -4.79. The summed E-state index contributed by atoms with van der Waals surface area (Å²) in [5, 5.41) is 17.8. The minimum absolute atomic E-state index is 0.154. The van der Waals surface area contributed by atoms with E-state index in [1.165, 1.54) is 18.2 Å². The molecule has 1 aliphatic rings. The van der Waals surface area contributed by atoms with Crippen molar-refractivity contribution < 1.29 is 32.5 Å². The molecule has 2 N–H and O–H groups in total. The fourth-order valence-corrected chi connectivity index (χ4v) is 4.94. The van der Waals surface area contributed by atoms with Crippen molar-refractivity contribution in [2.45, 2.75) is 33.2 Å². The molecule has 0 radical (unpaired) electrons. The number of carbonyl (C=O) groups excluding carboxylic acids is 1. The van der Waals surface area contributed by atoms with Gasteiger partial charge in [0.15, 0.2) is 5.82 Å². The van der Waals surface area contributed by atoms with Crippen LogP contribution in [0.1, 0.15) is 22.4 Å². The average molecular weight is 597 g/mol. The second-order valence-electron chi connectivity index (χ2n) is 10.1. The Hall–Kier alpha value is -4.78. The smallest absolute Gasteiger partial charge is 0.497 e. The number of urea groups is 1.